The summed E-state index contributed by atoms with van der Waals surface area (Å²) in [5.74, 6) is 0.173. The van der Waals surface area contributed by atoms with Gasteiger partial charge in [0.1, 0.15) is 11.6 Å². The lowest BCUT2D eigenvalue weighted by atomic mass is 10.0. The Morgan fingerprint density at radius 2 is 2.00 bits per heavy atom. The van der Waals surface area contributed by atoms with Crippen LogP contribution in [0.25, 0.3) is 5.76 Å². The van der Waals surface area contributed by atoms with E-state index < -0.39 is 0 Å². The van der Waals surface area contributed by atoms with Crippen LogP contribution in [0.3, 0.4) is 0 Å². The van der Waals surface area contributed by atoms with Crippen molar-refractivity contribution in [1.82, 2.24) is 0 Å². The normalized spacial score (nSPS) is 11.7. The second kappa shape index (κ2) is 5.74. The van der Waals surface area contributed by atoms with Crippen molar-refractivity contribution in [3.63, 3.8) is 0 Å². The first-order chi connectivity index (χ1) is 9.45. The molecule has 3 nitrogen and oxygen atoms in total. The van der Waals surface area contributed by atoms with E-state index in [1.54, 1.807) is 25.1 Å². The molecule has 1 heterocycles. The summed E-state index contributed by atoms with van der Waals surface area (Å²) >= 11 is 0. The number of carbonyl (C=O) groups is 1. The molecule has 0 unspecified atom stereocenters. The summed E-state index contributed by atoms with van der Waals surface area (Å²) in [4.78, 5) is 11.0. The van der Waals surface area contributed by atoms with E-state index >= 15 is 0 Å². The van der Waals surface area contributed by atoms with Crippen LogP contribution in [0.15, 0.2) is 40.8 Å². The third-order valence-corrected chi connectivity index (χ3v) is 2.81. The van der Waals surface area contributed by atoms with E-state index in [-0.39, 0.29) is 23.1 Å². The van der Waals surface area contributed by atoms with E-state index in [9.17, 15) is 14.3 Å². The molecule has 0 aliphatic heterocycles. The monoisotopic (exact) mass is 274 g/mol. The molecule has 1 N–H and O–H groups in total. The third kappa shape index (κ3) is 3.35. The molecule has 0 spiro atoms. The van der Waals surface area contributed by atoms with Gasteiger partial charge in [-0.3, -0.25) is 4.79 Å². The summed E-state index contributed by atoms with van der Waals surface area (Å²) < 4.78 is 18.3. The highest BCUT2D eigenvalue weighted by Crippen LogP contribution is 2.24. The molecule has 0 bridgehead atoms. The highest BCUT2D eigenvalue weighted by atomic mass is 19.1. The average Bonchev–Trinajstić information content (AvgIpc) is 2.72. The molecule has 0 fully saturated rings. The fraction of sp³-hybridized carbons (Fsp3) is 0.188. The Balaban J connectivity index is 2.32. The van der Waals surface area contributed by atoms with E-state index in [0.29, 0.717) is 12.2 Å². The first-order valence-corrected chi connectivity index (χ1v) is 6.21. The SMILES string of the molecule is CC(=O)C=C(O)c1oc(C)cc1Cc1ccc(F)cc1. The second-order valence-electron chi connectivity index (χ2n) is 4.65. The molecule has 4 heteroatoms. The van der Waals surface area contributed by atoms with Crippen molar-refractivity contribution in [3.8, 4) is 0 Å². The van der Waals surface area contributed by atoms with Gasteiger partial charge in [0.05, 0.1) is 0 Å². The number of hydrogen-bond acceptors (Lipinski definition) is 3. The molecular weight excluding hydrogens is 259 g/mol. The lowest BCUT2D eigenvalue weighted by molar-refractivity contribution is -0.112. The number of aliphatic hydroxyl groups is 1. The molecule has 2 aromatic rings. The molecule has 0 radical (unpaired) electrons. The van der Waals surface area contributed by atoms with Gasteiger partial charge in [-0.1, -0.05) is 12.1 Å². The lowest BCUT2D eigenvalue weighted by Crippen LogP contribution is -1.93. The van der Waals surface area contributed by atoms with Crippen molar-refractivity contribution in [2.24, 2.45) is 0 Å². The van der Waals surface area contributed by atoms with Gasteiger partial charge >= 0.3 is 0 Å². The number of furan rings is 1. The van der Waals surface area contributed by atoms with Crippen molar-refractivity contribution < 1.29 is 18.7 Å². The second-order valence-corrected chi connectivity index (χ2v) is 4.65. The average molecular weight is 274 g/mol. The molecule has 0 aliphatic rings. The van der Waals surface area contributed by atoms with Crippen LogP contribution in [0, 0.1) is 12.7 Å². The van der Waals surface area contributed by atoms with Crippen LogP contribution < -0.4 is 0 Å². The Hall–Kier alpha value is -2.36. The van der Waals surface area contributed by atoms with Crippen LogP contribution in [0.4, 0.5) is 4.39 Å². The lowest BCUT2D eigenvalue weighted by Gasteiger charge is -2.02. The van der Waals surface area contributed by atoms with E-state index in [0.717, 1.165) is 17.2 Å². The summed E-state index contributed by atoms with van der Waals surface area (Å²) in [5.41, 5.74) is 1.65. The first-order valence-electron chi connectivity index (χ1n) is 6.21. The molecule has 0 amide bonds. The minimum atomic E-state index is -0.295. The van der Waals surface area contributed by atoms with Crippen LogP contribution in [-0.2, 0) is 11.2 Å². The number of benzene rings is 1. The van der Waals surface area contributed by atoms with E-state index in [1.807, 2.05) is 0 Å². The predicted octanol–water partition coefficient (Wildman–Crippen LogP) is 3.81. The number of halogens is 1. The molecule has 1 aromatic carbocycles. The van der Waals surface area contributed by atoms with E-state index in [4.69, 9.17) is 4.42 Å². The fourth-order valence-electron chi connectivity index (χ4n) is 2.00. The van der Waals surface area contributed by atoms with Gasteiger partial charge in [0.15, 0.2) is 17.3 Å². The van der Waals surface area contributed by atoms with Gasteiger partial charge in [0.2, 0.25) is 0 Å². The van der Waals surface area contributed by atoms with Crippen molar-refractivity contribution in [2.45, 2.75) is 20.3 Å². The first kappa shape index (κ1) is 14.1. The number of aliphatic hydroxyl groups excluding tert-OH is 1. The molecule has 0 saturated carbocycles. The van der Waals surface area contributed by atoms with Gasteiger partial charge in [-0.05, 0) is 37.6 Å². The zero-order valence-electron chi connectivity index (χ0n) is 11.3. The molecule has 2 rings (SSSR count). The van der Waals surface area contributed by atoms with Crippen LogP contribution in [0.2, 0.25) is 0 Å². The number of rotatable bonds is 4. The number of aryl methyl sites for hydroxylation is 1. The Morgan fingerprint density at radius 3 is 2.60 bits per heavy atom. The van der Waals surface area contributed by atoms with Gasteiger partial charge in [-0.25, -0.2) is 4.39 Å². The van der Waals surface area contributed by atoms with Gasteiger partial charge < -0.3 is 9.52 Å². The maximum atomic E-state index is 12.9. The van der Waals surface area contributed by atoms with Crippen LogP contribution >= 0.6 is 0 Å². The highest BCUT2D eigenvalue weighted by molar-refractivity contribution is 5.93. The third-order valence-electron chi connectivity index (χ3n) is 2.81. The highest BCUT2D eigenvalue weighted by Gasteiger charge is 2.14. The van der Waals surface area contributed by atoms with Crippen molar-refractivity contribution >= 4 is 11.5 Å². The Bertz CT molecular complexity index is 651. The number of hydrogen-bond donors (Lipinski definition) is 1. The van der Waals surface area contributed by atoms with Gasteiger partial charge in [-0.15, -0.1) is 0 Å². The van der Waals surface area contributed by atoms with Crippen LogP contribution in [-0.4, -0.2) is 10.9 Å². The summed E-state index contributed by atoms with van der Waals surface area (Å²) in [6.45, 7) is 3.12. The summed E-state index contributed by atoms with van der Waals surface area (Å²) in [6.07, 6.45) is 1.61. The topological polar surface area (TPSA) is 50.4 Å². The van der Waals surface area contributed by atoms with Crippen LogP contribution in [0.1, 0.15) is 29.6 Å². The van der Waals surface area contributed by atoms with Gasteiger partial charge in [0.25, 0.3) is 0 Å². The molecule has 0 aliphatic carbocycles. The zero-order chi connectivity index (χ0) is 14.7. The van der Waals surface area contributed by atoms with Crippen LogP contribution in [0.5, 0.6) is 0 Å². The summed E-state index contributed by atoms with van der Waals surface area (Å²) in [6, 6.07) is 7.91. The molecule has 104 valence electrons. The Labute approximate surface area is 116 Å². The fourth-order valence-corrected chi connectivity index (χ4v) is 2.00. The largest absolute Gasteiger partial charge is 0.504 e. The smallest absolute Gasteiger partial charge is 0.172 e. The maximum absolute atomic E-state index is 12.9. The molecule has 1 aromatic heterocycles. The number of allylic oxidation sites excluding steroid dienone is 1. The minimum absolute atomic E-state index is 0.192. The molecule has 0 atom stereocenters. The summed E-state index contributed by atoms with van der Waals surface area (Å²) in [5, 5.41) is 9.89. The standard InChI is InChI=1S/C16H15FO3/c1-10(18)7-15(19)16-13(8-11(2)20-16)9-12-3-5-14(17)6-4-12/h3-8,19H,9H2,1-2H3. The minimum Gasteiger partial charge on any atom is -0.504 e. The van der Waals surface area contributed by atoms with Crippen molar-refractivity contribution in [3.05, 3.63) is 64.9 Å². The molecule has 0 saturated heterocycles. The molecular formula is C16H15FO3. The summed E-state index contributed by atoms with van der Waals surface area (Å²) in [7, 11) is 0. The van der Waals surface area contributed by atoms with E-state index in [2.05, 4.69) is 0 Å². The van der Waals surface area contributed by atoms with E-state index in [1.165, 1.54) is 19.1 Å². The predicted molar refractivity (Wildman–Crippen MR) is 73.9 cm³/mol. The maximum Gasteiger partial charge on any atom is 0.172 e. The van der Waals surface area contributed by atoms with Crippen molar-refractivity contribution in [1.29, 1.82) is 0 Å². The van der Waals surface area contributed by atoms with Gasteiger partial charge in [0, 0.05) is 18.1 Å². The van der Waals surface area contributed by atoms with Crippen molar-refractivity contribution in [2.75, 3.05) is 0 Å². The van der Waals surface area contributed by atoms with Gasteiger partial charge in [-0.2, -0.15) is 0 Å². The number of ketones is 1. The molecule has 20 heavy (non-hydrogen) atoms. The Kier molecular flexibility index (Phi) is 4.03. The number of carbonyl (C=O) groups excluding carboxylic acids is 1. The Morgan fingerprint density at radius 1 is 1.35 bits per heavy atom. The quantitative estimate of drug-likeness (QED) is 0.681. The zero-order valence-corrected chi connectivity index (χ0v) is 11.3.